The number of rotatable bonds is 4. The molecule has 20 heavy (non-hydrogen) atoms. The van der Waals surface area contributed by atoms with Gasteiger partial charge in [0.25, 0.3) is 0 Å². The van der Waals surface area contributed by atoms with Gasteiger partial charge in [-0.25, -0.2) is 0 Å². The molecule has 2 atom stereocenters. The lowest BCUT2D eigenvalue weighted by Gasteiger charge is -2.19. The summed E-state index contributed by atoms with van der Waals surface area (Å²) in [5.74, 6) is -0.377. The molecule has 5 heteroatoms. The fourth-order valence-corrected chi connectivity index (χ4v) is 2.32. The van der Waals surface area contributed by atoms with Gasteiger partial charge in [0, 0.05) is 17.3 Å². The number of carbonyl (C=O) groups excluding carboxylic acids is 2. The molecule has 0 saturated heterocycles. The van der Waals surface area contributed by atoms with E-state index < -0.39 is 6.04 Å². The van der Waals surface area contributed by atoms with Crippen LogP contribution in [0.15, 0.2) is 18.2 Å². The quantitative estimate of drug-likeness (QED) is 0.868. The molecule has 108 valence electrons. The van der Waals surface area contributed by atoms with Crippen molar-refractivity contribution >= 4 is 17.5 Å². The van der Waals surface area contributed by atoms with Gasteiger partial charge in [-0.05, 0) is 26.3 Å². The number of hydrogen-bond acceptors (Lipinski definition) is 3. The topological polar surface area (TPSA) is 75.4 Å². The molecular formula is C15H21N3O2. The third-order valence-electron chi connectivity index (χ3n) is 3.66. The SMILES string of the molecule is CCC(C)NC(=O)CN1C(=O)C(N)c2cc(C)ccc21. The van der Waals surface area contributed by atoms with Gasteiger partial charge in [-0.15, -0.1) is 0 Å². The van der Waals surface area contributed by atoms with Gasteiger partial charge in [-0.3, -0.25) is 9.59 Å². The highest BCUT2D eigenvalue weighted by Gasteiger charge is 2.35. The zero-order valence-corrected chi connectivity index (χ0v) is 12.1. The van der Waals surface area contributed by atoms with E-state index in [0.29, 0.717) is 0 Å². The van der Waals surface area contributed by atoms with Gasteiger partial charge in [0.05, 0.1) is 0 Å². The van der Waals surface area contributed by atoms with E-state index in [1.165, 1.54) is 4.90 Å². The third-order valence-corrected chi connectivity index (χ3v) is 3.66. The Morgan fingerprint density at radius 2 is 2.20 bits per heavy atom. The number of anilines is 1. The lowest BCUT2D eigenvalue weighted by molar-refractivity contribution is -0.124. The Bertz CT molecular complexity index is 542. The van der Waals surface area contributed by atoms with Crippen LogP contribution >= 0.6 is 0 Å². The molecule has 1 heterocycles. The average molecular weight is 275 g/mol. The van der Waals surface area contributed by atoms with E-state index in [-0.39, 0.29) is 24.4 Å². The van der Waals surface area contributed by atoms with Crippen molar-refractivity contribution in [3.8, 4) is 0 Å². The Labute approximate surface area is 119 Å². The summed E-state index contributed by atoms with van der Waals surface area (Å²) < 4.78 is 0. The molecule has 1 aromatic rings. The first-order valence-corrected chi connectivity index (χ1v) is 6.91. The fourth-order valence-electron chi connectivity index (χ4n) is 2.32. The van der Waals surface area contributed by atoms with Crippen LogP contribution in [0.1, 0.15) is 37.4 Å². The van der Waals surface area contributed by atoms with E-state index in [1.54, 1.807) is 0 Å². The smallest absolute Gasteiger partial charge is 0.249 e. The number of nitrogens with two attached hydrogens (primary N) is 1. The van der Waals surface area contributed by atoms with Crippen molar-refractivity contribution in [2.24, 2.45) is 5.73 Å². The van der Waals surface area contributed by atoms with E-state index in [9.17, 15) is 9.59 Å². The number of nitrogens with zero attached hydrogens (tertiary/aromatic N) is 1. The Balaban J connectivity index is 2.18. The Morgan fingerprint density at radius 1 is 1.50 bits per heavy atom. The number of aryl methyl sites for hydroxylation is 1. The molecular weight excluding hydrogens is 254 g/mol. The molecule has 1 aromatic carbocycles. The summed E-state index contributed by atoms with van der Waals surface area (Å²) in [6.45, 7) is 5.91. The van der Waals surface area contributed by atoms with Crippen molar-refractivity contribution in [1.29, 1.82) is 0 Å². The fraction of sp³-hybridized carbons (Fsp3) is 0.467. The molecule has 1 aliphatic heterocycles. The van der Waals surface area contributed by atoms with Crippen LogP contribution in [0.5, 0.6) is 0 Å². The lowest BCUT2D eigenvalue weighted by Crippen LogP contribution is -2.43. The van der Waals surface area contributed by atoms with Crippen LogP contribution in [0, 0.1) is 6.92 Å². The molecule has 3 N–H and O–H groups in total. The maximum atomic E-state index is 12.2. The number of nitrogens with one attached hydrogen (secondary N) is 1. The largest absolute Gasteiger partial charge is 0.352 e. The maximum Gasteiger partial charge on any atom is 0.249 e. The molecule has 0 aromatic heterocycles. The van der Waals surface area contributed by atoms with Crippen LogP contribution in [-0.4, -0.2) is 24.4 Å². The van der Waals surface area contributed by atoms with Gasteiger partial charge in [0.15, 0.2) is 0 Å². The van der Waals surface area contributed by atoms with E-state index >= 15 is 0 Å². The number of amides is 2. The van der Waals surface area contributed by atoms with Gasteiger partial charge in [0.1, 0.15) is 12.6 Å². The molecule has 0 radical (unpaired) electrons. The van der Waals surface area contributed by atoms with Crippen molar-refractivity contribution < 1.29 is 9.59 Å². The van der Waals surface area contributed by atoms with Gasteiger partial charge < -0.3 is 16.0 Å². The minimum Gasteiger partial charge on any atom is -0.352 e. The van der Waals surface area contributed by atoms with Crippen LogP contribution in [0.3, 0.4) is 0 Å². The first-order chi connectivity index (χ1) is 9.43. The summed E-state index contributed by atoms with van der Waals surface area (Å²) in [7, 11) is 0. The monoisotopic (exact) mass is 275 g/mol. The van der Waals surface area contributed by atoms with Gasteiger partial charge >= 0.3 is 0 Å². The van der Waals surface area contributed by atoms with Crippen LogP contribution in [0.2, 0.25) is 0 Å². The predicted octanol–water partition coefficient (Wildman–Crippen LogP) is 1.26. The van der Waals surface area contributed by atoms with Crippen LogP contribution < -0.4 is 16.0 Å². The second-order valence-corrected chi connectivity index (χ2v) is 5.34. The van der Waals surface area contributed by atoms with E-state index in [0.717, 1.165) is 23.2 Å². The standard InChI is InChI=1S/C15H21N3O2/c1-4-10(3)17-13(19)8-18-12-6-5-9(2)7-11(12)14(16)15(18)20/h5-7,10,14H,4,8,16H2,1-3H3,(H,17,19). The second-order valence-electron chi connectivity index (χ2n) is 5.34. The Morgan fingerprint density at radius 3 is 2.85 bits per heavy atom. The summed E-state index contributed by atoms with van der Waals surface area (Å²) in [5, 5.41) is 2.86. The first kappa shape index (κ1) is 14.5. The number of benzene rings is 1. The molecule has 0 fully saturated rings. The first-order valence-electron chi connectivity index (χ1n) is 6.91. The van der Waals surface area contributed by atoms with Crippen molar-refractivity contribution in [3.05, 3.63) is 29.3 Å². The Hall–Kier alpha value is -1.88. The molecule has 2 unspecified atom stereocenters. The predicted molar refractivity (Wildman–Crippen MR) is 78.4 cm³/mol. The summed E-state index contributed by atoms with van der Waals surface area (Å²) in [6.07, 6.45) is 0.856. The molecule has 0 aliphatic carbocycles. The number of fused-ring (bicyclic) bond motifs is 1. The van der Waals surface area contributed by atoms with Crippen molar-refractivity contribution in [1.82, 2.24) is 5.32 Å². The molecule has 1 aliphatic rings. The minimum absolute atomic E-state index is 0.0208. The summed E-state index contributed by atoms with van der Waals surface area (Å²) in [4.78, 5) is 25.6. The van der Waals surface area contributed by atoms with Crippen molar-refractivity contribution in [2.45, 2.75) is 39.3 Å². The van der Waals surface area contributed by atoms with E-state index in [1.807, 2.05) is 39.0 Å². The van der Waals surface area contributed by atoms with Gasteiger partial charge in [-0.2, -0.15) is 0 Å². The zero-order chi connectivity index (χ0) is 14.9. The number of hydrogen-bond donors (Lipinski definition) is 2. The minimum atomic E-state index is -0.665. The van der Waals surface area contributed by atoms with Gasteiger partial charge in [-0.1, -0.05) is 24.6 Å². The van der Waals surface area contributed by atoms with Crippen molar-refractivity contribution in [2.75, 3.05) is 11.4 Å². The highest BCUT2D eigenvalue weighted by Crippen LogP contribution is 2.34. The zero-order valence-electron chi connectivity index (χ0n) is 12.1. The summed E-state index contributed by atoms with van der Waals surface area (Å²) >= 11 is 0. The molecule has 2 rings (SSSR count). The molecule has 0 bridgehead atoms. The second kappa shape index (κ2) is 5.63. The average Bonchev–Trinajstić information content (AvgIpc) is 2.63. The molecule has 2 amide bonds. The third kappa shape index (κ3) is 2.67. The normalized spacial score (nSPS) is 18.9. The molecule has 0 spiro atoms. The van der Waals surface area contributed by atoms with Gasteiger partial charge in [0.2, 0.25) is 11.8 Å². The van der Waals surface area contributed by atoms with E-state index in [2.05, 4.69) is 5.32 Å². The maximum absolute atomic E-state index is 12.2. The highest BCUT2D eigenvalue weighted by molar-refractivity contribution is 6.07. The van der Waals surface area contributed by atoms with E-state index in [4.69, 9.17) is 5.73 Å². The lowest BCUT2D eigenvalue weighted by atomic mass is 10.1. The summed E-state index contributed by atoms with van der Waals surface area (Å²) in [6, 6.07) is 5.12. The Kier molecular flexibility index (Phi) is 4.09. The highest BCUT2D eigenvalue weighted by atomic mass is 16.2. The molecule has 5 nitrogen and oxygen atoms in total. The van der Waals surface area contributed by atoms with Crippen molar-refractivity contribution in [3.63, 3.8) is 0 Å². The van der Waals surface area contributed by atoms with Crippen LogP contribution in [0.4, 0.5) is 5.69 Å². The van der Waals surface area contributed by atoms with Crippen LogP contribution in [-0.2, 0) is 9.59 Å². The molecule has 0 saturated carbocycles. The number of carbonyl (C=O) groups is 2. The summed E-state index contributed by atoms with van der Waals surface area (Å²) in [5.41, 5.74) is 8.52. The van der Waals surface area contributed by atoms with Crippen LogP contribution in [0.25, 0.3) is 0 Å².